The molecule has 0 saturated heterocycles. The molecule has 0 saturated carbocycles. The summed E-state index contributed by atoms with van der Waals surface area (Å²) < 4.78 is 0. The van der Waals surface area contributed by atoms with E-state index in [2.05, 4.69) is 16.9 Å². The van der Waals surface area contributed by atoms with E-state index in [1.807, 2.05) is 6.26 Å². The maximum Gasteiger partial charge on any atom is 0.207 e. The molecule has 0 aromatic rings. The minimum atomic E-state index is 0.483. The molecule has 0 spiro atoms. The molecule has 0 aliphatic rings. The topological polar surface area (TPSA) is 41.5 Å². The summed E-state index contributed by atoms with van der Waals surface area (Å²) in [4.78, 5) is 13.7. The molecule has 10 heavy (non-hydrogen) atoms. The van der Waals surface area contributed by atoms with Gasteiger partial charge in [-0.3, -0.25) is 9.79 Å². The van der Waals surface area contributed by atoms with Crippen molar-refractivity contribution < 1.29 is 4.79 Å². The first kappa shape index (κ1) is 9.23. The minimum Gasteiger partial charge on any atom is -0.352 e. The highest BCUT2D eigenvalue weighted by Gasteiger charge is 1.91. The largest absolute Gasteiger partial charge is 0.352 e. The number of carbonyl (C=O) groups excluding carboxylic acids is 1. The van der Waals surface area contributed by atoms with E-state index in [4.69, 9.17) is 0 Å². The highest BCUT2D eigenvalue weighted by molar-refractivity contribution is 8.13. The number of carbonyl (C=O) groups is 1. The van der Waals surface area contributed by atoms with Crippen LogP contribution in [0.2, 0.25) is 0 Å². The maximum absolute atomic E-state index is 9.83. The van der Waals surface area contributed by atoms with Crippen LogP contribution in [0.4, 0.5) is 0 Å². The third-order valence-corrected chi connectivity index (χ3v) is 1.53. The Morgan fingerprint density at radius 1 is 1.90 bits per heavy atom. The van der Waals surface area contributed by atoms with Gasteiger partial charge in [-0.1, -0.05) is 6.58 Å². The van der Waals surface area contributed by atoms with Crippen LogP contribution in [-0.2, 0) is 4.79 Å². The van der Waals surface area contributed by atoms with Crippen LogP contribution in [0.5, 0.6) is 0 Å². The molecule has 0 rings (SSSR count). The highest BCUT2D eigenvalue weighted by Crippen LogP contribution is 1.96. The summed E-state index contributed by atoms with van der Waals surface area (Å²) in [5, 5.41) is 3.35. The summed E-state index contributed by atoms with van der Waals surface area (Å²) in [5.74, 6) is 0. The second kappa shape index (κ2) is 6.35. The van der Waals surface area contributed by atoms with Crippen molar-refractivity contribution in [2.45, 2.75) is 0 Å². The molecular weight excluding hydrogens is 148 g/mol. The lowest BCUT2D eigenvalue weighted by atomic mass is 10.7. The van der Waals surface area contributed by atoms with Gasteiger partial charge in [-0.05, 0) is 6.26 Å². The number of amides is 1. The third kappa shape index (κ3) is 4.14. The van der Waals surface area contributed by atoms with Crippen molar-refractivity contribution in [2.24, 2.45) is 4.99 Å². The van der Waals surface area contributed by atoms with E-state index < -0.39 is 0 Å². The molecule has 0 aliphatic heterocycles. The SMILES string of the molecule is C=CN=C(CNC=O)SC. The van der Waals surface area contributed by atoms with Gasteiger partial charge in [0.05, 0.1) is 11.6 Å². The first-order valence-corrected chi connectivity index (χ1v) is 3.96. The van der Waals surface area contributed by atoms with E-state index in [-0.39, 0.29) is 0 Å². The van der Waals surface area contributed by atoms with Crippen molar-refractivity contribution in [1.29, 1.82) is 0 Å². The van der Waals surface area contributed by atoms with E-state index in [0.29, 0.717) is 13.0 Å². The number of thioether (sulfide) groups is 1. The number of nitrogens with zero attached hydrogens (tertiary/aromatic N) is 1. The number of rotatable bonds is 4. The van der Waals surface area contributed by atoms with Crippen molar-refractivity contribution in [2.75, 3.05) is 12.8 Å². The van der Waals surface area contributed by atoms with Crippen LogP contribution in [0.25, 0.3) is 0 Å². The molecule has 1 N–H and O–H groups in total. The summed E-state index contributed by atoms with van der Waals surface area (Å²) in [6.45, 7) is 3.92. The van der Waals surface area contributed by atoms with Crippen molar-refractivity contribution in [1.82, 2.24) is 5.32 Å². The fourth-order valence-electron chi connectivity index (χ4n) is 0.401. The van der Waals surface area contributed by atoms with Gasteiger partial charge in [-0.2, -0.15) is 0 Å². The zero-order valence-electron chi connectivity index (χ0n) is 5.83. The predicted molar refractivity (Wildman–Crippen MR) is 45.2 cm³/mol. The standard InChI is InChI=1S/C6H10N2OS/c1-3-8-6(10-2)4-7-5-9/h3,5H,1,4H2,2H3,(H,7,9). The molecule has 0 aliphatic carbocycles. The molecule has 4 heteroatoms. The Hall–Kier alpha value is -0.770. The van der Waals surface area contributed by atoms with Crippen molar-refractivity contribution in [3.63, 3.8) is 0 Å². The summed E-state index contributed by atoms with van der Waals surface area (Å²) in [6, 6.07) is 0. The fourth-order valence-corrected chi connectivity index (χ4v) is 0.809. The van der Waals surface area contributed by atoms with Gasteiger partial charge in [0, 0.05) is 6.20 Å². The van der Waals surface area contributed by atoms with Crippen molar-refractivity contribution in [3.05, 3.63) is 12.8 Å². The predicted octanol–water partition coefficient (Wildman–Crippen LogP) is 0.637. The summed E-state index contributed by atoms with van der Waals surface area (Å²) in [7, 11) is 0. The first-order valence-electron chi connectivity index (χ1n) is 2.73. The molecule has 0 atom stereocenters. The molecule has 1 amide bonds. The molecular formula is C6H10N2OS. The van der Waals surface area contributed by atoms with E-state index >= 15 is 0 Å². The molecule has 0 heterocycles. The van der Waals surface area contributed by atoms with Crippen LogP contribution in [0.3, 0.4) is 0 Å². The summed E-state index contributed by atoms with van der Waals surface area (Å²) in [6.07, 6.45) is 4.00. The monoisotopic (exact) mass is 158 g/mol. The first-order chi connectivity index (χ1) is 4.85. The Balaban J connectivity index is 3.70. The Bertz CT molecular complexity index is 145. The number of nitrogens with one attached hydrogen (secondary N) is 1. The van der Waals surface area contributed by atoms with Gasteiger partial charge in [0.2, 0.25) is 6.41 Å². The maximum atomic E-state index is 9.83. The van der Waals surface area contributed by atoms with E-state index in [0.717, 1.165) is 5.04 Å². The van der Waals surface area contributed by atoms with Crippen LogP contribution in [0, 0.1) is 0 Å². The summed E-state index contributed by atoms with van der Waals surface area (Å²) in [5.41, 5.74) is 0. The Labute approximate surface area is 64.6 Å². The lowest BCUT2D eigenvalue weighted by Crippen LogP contribution is -2.18. The quantitative estimate of drug-likeness (QED) is 0.370. The van der Waals surface area contributed by atoms with E-state index in [9.17, 15) is 4.79 Å². The van der Waals surface area contributed by atoms with Crippen molar-refractivity contribution >= 4 is 23.2 Å². The number of hydrogen-bond donors (Lipinski definition) is 1. The van der Waals surface area contributed by atoms with Crippen LogP contribution in [0.15, 0.2) is 17.8 Å². The molecule has 3 nitrogen and oxygen atoms in total. The van der Waals surface area contributed by atoms with Gasteiger partial charge < -0.3 is 5.32 Å². The van der Waals surface area contributed by atoms with E-state index in [1.165, 1.54) is 18.0 Å². The minimum absolute atomic E-state index is 0.483. The van der Waals surface area contributed by atoms with Crippen LogP contribution < -0.4 is 5.32 Å². The van der Waals surface area contributed by atoms with Crippen LogP contribution >= 0.6 is 11.8 Å². The second-order valence-corrected chi connectivity index (χ2v) is 2.29. The van der Waals surface area contributed by atoms with Gasteiger partial charge in [-0.15, -0.1) is 11.8 Å². The molecule has 0 bridgehead atoms. The average Bonchev–Trinajstić information content (AvgIpc) is 1.98. The fraction of sp³-hybridized carbons (Fsp3) is 0.333. The molecule has 0 aromatic heterocycles. The lowest BCUT2D eigenvalue weighted by Gasteiger charge is -1.97. The van der Waals surface area contributed by atoms with Gasteiger partial charge in [0.15, 0.2) is 0 Å². The summed E-state index contributed by atoms with van der Waals surface area (Å²) >= 11 is 1.49. The third-order valence-electron chi connectivity index (χ3n) is 0.808. The Morgan fingerprint density at radius 3 is 3.00 bits per heavy atom. The van der Waals surface area contributed by atoms with Crippen LogP contribution in [-0.4, -0.2) is 24.3 Å². The Morgan fingerprint density at radius 2 is 2.60 bits per heavy atom. The molecule has 0 fully saturated rings. The molecule has 0 aromatic carbocycles. The van der Waals surface area contributed by atoms with Gasteiger partial charge >= 0.3 is 0 Å². The molecule has 56 valence electrons. The van der Waals surface area contributed by atoms with Crippen molar-refractivity contribution in [3.8, 4) is 0 Å². The second-order valence-electron chi connectivity index (χ2n) is 1.41. The highest BCUT2D eigenvalue weighted by atomic mass is 32.2. The average molecular weight is 158 g/mol. The smallest absolute Gasteiger partial charge is 0.207 e. The van der Waals surface area contributed by atoms with E-state index in [1.54, 1.807) is 0 Å². The number of hydrogen-bond acceptors (Lipinski definition) is 3. The lowest BCUT2D eigenvalue weighted by molar-refractivity contribution is -0.109. The zero-order valence-corrected chi connectivity index (χ0v) is 6.65. The Kier molecular flexibility index (Phi) is 5.86. The normalized spacial score (nSPS) is 10.7. The van der Waals surface area contributed by atoms with Gasteiger partial charge in [0.1, 0.15) is 0 Å². The van der Waals surface area contributed by atoms with Gasteiger partial charge in [-0.25, -0.2) is 0 Å². The molecule has 0 unspecified atom stereocenters. The van der Waals surface area contributed by atoms with Gasteiger partial charge in [0.25, 0.3) is 0 Å². The van der Waals surface area contributed by atoms with Crippen LogP contribution in [0.1, 0.15) is 0 Å². The number of aliphatic imine (C=N–C) groups is 1. The zero-order chi connectivity index (χ0) is 7.82. The molecule has 0 radical (unpaired) electrons.